The highest BCUT2D eigenvalue weighted by Gasteiger charge is 2.46. The second-order valence-electron chi connectivity index (χ2n) is 18.3. The predicted molar refractivity (Wildman–Crippen MR) is 212 cm³/mol. The van der Waals surface area contributed by atoms with Crippen LogP contribution in [-0.4, -0.2) is 84.1 Å². The third-order valence-corrected chi connectivity index (χ3v) is 21.6. The Hall–Kier alpha value is -0.130. The van der Waals surface area contributed by atoms with Gasteiger partial charge in [-0.05, 0) is 178 Å². The van der Waals surface area contributed by atoms with E-state index in [-0.39, 0.29) is 68.0 Å². The number of carboxylic acids is 1. The minimum Gasteiger partial charge on any atom is -0.481 e. The summed E-state index contributed by atoms with van der Waals surface area (Å²) in [5.74, 6) is 0.202. The zero-order chi connectivity index (χ0) is 37.8. The summed E-state index contributed by atoms with van der Waals surface area (Å²) in [6, 6.07) is 0. The van der Waals surface area contributed by atoms with Crippen molar-refractivity contribution in [3.05, 3.63) is 0 Å². The lowest BCUT2D eigenvalue weighted by Crippen LogP contribution is -2.43. The summed E-state index contributed by atoms with van der Waals surface area (Å²) in [6.07, 6.45) is 21.7. The van der Waals surface area contributed by atoms with E-state index in [1.54, 1.807) is 0 Å². The van der Waals surface area contributed by atoms with Crippen molar-refractivity contribution in [2.75, 3.05) is 0 Å². The van der Waals surface area contributed by atoms with Crippen LogP contribution in [0.3, 0.4) is 0 Å². The van der Waals surface area contributed by atoms with Crippen molar-refractivity contribution in [3.8, 4) is 0 Å². The van der Waals surface area contributed by atoms with Gasteiger partial charge in [0.25, 0.3) is 0 Å². The molecule has 0 amide bonds. The summed E-state index contributed by atoms with van der Waals surface area (Å²) in [5, 5.41) is 9.02. The SMILES string of the molecule is CC(CCC(=O)O)(C1CCC(OC2CCC(S(=O)(=O)C3CCC(Cl)CC3)CC2)CC1)C1CCC(OC2CCC(S(=O)(=O)C3CCC(Cl)CC3)CC2)CC1. The van der Waals surface area contributed by atoms with Crippen LogP contribution in [0.25, 0.3) is 0 Å². The number of rotatable bonds is 13. The lowest BCUT2D eigenvalue weighted by atomic mass is 9.57. The Morgan fingerprint density at radius 1 is 0.509 bits per heavy atom. The molecule has 6 aliphatic rings. The highest BCUT2D eigenvalue weighted by atomic mass is 35.5. The number of sulfone groups is 2. The van der Waals surface area contributed by atoms with E-state index in [1.165, 1.54) is 0 Å². The smallest absolute Gasteiger partial charge is 0.303 e. The zero-order valence-corrected chi connectivity index (χ0v) is 35.3. The van der Waals surface area contributed by atoms with Gasteiger partial charge in [0.05, 0.1) is 45.4 Å². The van der Waals surface area contributed by atoms with Gasteiger partial charge in [0, 0.05) is 17.2 Å². The molecule has 53 heavy (non-hydrogen) atoms. The molecule has 0 aliphatic heterocycles. The number of carbonyl (C=O) groups is 1. The van der Waals surface area contributed by atoms with Gasteiger partial charge < -0.3 is 14.6 Å². The molecule has 0 radical (unpaired) electrons. The van der Waals surface area contributed by atoms with Crippen molar-refractivity contribution in [3.63, 3.8) is 0 Å². The molecule has 0 bridgehead atoms. The molecule has 1 N–H and O–H groups in total. The fraction of sp³-hybridized carbons (Fsp3) is 0.976. The second-order valence-corrected chi connectivity index (χ2v) is 24.6. The molecular formula is C41H68Cl2O8S2. The molecule has 306 valence electrons. The monoisotopic (exact) mass is 822 g/mol. The Bertz CT molecular complexity index is 1280. The van der Waals surface area contributed by atoms with E-state index in [4.69, 9.17) is 32.7 Å². The van der Waals surface area contributed by atoms with Crippen LogP contribution >= 0.6 is 23.2 Å². The number of hydrogen-bond donors (Lipinski definition) is 1. The van der Waals surface area contributed by atoms with E-state index < -0.39 is 25.6 Å². The minimum absolute atomic E-state index is 0.0433. The number of alkyl halides is 2. The van der Waals surface area contributed by atoms with Crippen LogP contribution in [0.2, 0.25) is 0 Å². The molecule has 0 spiro atoms. The maximum absolute atomic E-state index is 13.4. The van der Waals surface area contributed by atoms with Gasteiger partial charge in [-0.1, -0.05) is 6.92 Å². The quantitative estimate of drug-likeness (QED) is 0.182. The molecule has 0 unspecified atom stereocenters. The van der Waals surface area contributed by atoms with Gasteiger partial charge in [-0.3, -0.25) is 4.79 Å². The van der Waals surface area contributed by atoms with Crippen molar-refractivity contribution in [2.45, 2.75) is 230 Å². The van der Waals surface area contributed by atoms with Gasteiger partial charge in [-0.25, -0.2) is 16.8 Å². The number of ether oxygens (including phenoxy) is 2. The molecule has 0 aromatic carbocycles. The van der Waals surface area contributed by atoms with Crippen LogP contribution < -0.4 is 0 Å². The summed E-state index contributed by atoms with van der Waals surface area (Å²) in [7, 11) is -6.24. The van der Waals surface area contributed by atoms with Gasteiger partial charge >= 0.3 is 5.97 Å². The summed E-state index contributed by atoms with van der Waals surface area (Å²) in [5.41, 5.74) is -0.0433. The van der Waals surface area contributed by atoms with Crippen LogP contribution in [0.5, 0.6) is 0 Å². The third kappa shape index (κ3) is 10.7. The Balaban J connectivity index is 0.934. The summed E-state index contributed by atoms with van der Waals surface area (Å²) < 4.78 is 66.7. The number of aliphatic carboxylic acids is 1. The van der Waals surface area contributed by atoms with Crippen molar-refractivity contribution < 1.29 is 36.2 Å². The Morgan fingerprint density at radius 2 is 0.774 bits per heavy atom. The van der Waals surface area contributed by atoms with Crippen molar-refractivity contribution in [2.24, 2.45) is 17.3 Å². The normalized spacial score (nSPS) is 40.6. The summed E-state index contributed by atoms with van der Waals surface area (Å²) >= 11 is 12.5. The molecule has 8 nitrogen and oxygen atoms in total. The van der Waals surface area contributed by atoms with Crippen LogP contribution in [-0.2, 0) is 33.9 Å². The lowest BCUT2D eigenvalue weighted by Gasteiger charge is -2.49. The summed E-state index contributed by atoms with van der Waals surface area (Å²) in [4.78, 5) is 11.8. The van der Waals surface area contributed by atoms with Gasteiger partial charge in [0.2, 0.25) is 0 Å². The molecular weight excluding hydrogens is 755 g/mol. The number of halogens is 2. The molecule has 0 atom stereocenters. The largest absolute Gasteiger partial charge is 0.481 e. The maximum atomic E-state index is 13.4. The fourth-order valence-electron chi connectivity index (χ4n) is 11.6. The van der Waals surface area contributed by atoms with Crippen LogP contribution in [0, 0.1) is 17.3 Å². The van der Waals surface area contributed by atoms with Crippen molar-refractivity contribution in [1.82, 2.24) is 0 Å². The van der Waals surface area contributed by atoms with Gasteiger partial charge in [-0.15, -0.1) is 23.2 Å². The van der Waals surface area contributed by atoms with E-state index in [0.717, 1.165) is 103 Å². The first-order chi connectivity index (χ1) is 25.2. The first kappa shape index (κ1) is 42.5. The zero-order valence-electron chi connectivity index (χ0n) is 32.2. The maximum Gasteiger partial charge on any atom is 0.303 e. The van der Waals surface area contributed by atoms with Crippen LogP contribution in [0.4, 0.5) is 0 Å². The van der Waals surface area contributed by atoms with E-state index in [1.807, 2.05) is 0 Å². The number of carboxylic acid groups (broad SMARTS) is 1. The van der Waals surface area contributed by atoms with E-state index in [0.29, 0.717) is 69.6 Å². The molecule has 6 aliphatic carbocycles. The number of hydrogen-bond acceptors (Lipinski definition) is 7. The second kappa shape index (κ2) is 18.6. The molecule has 0 aromatic heterocycles. The van der Waals surface area contributed by atoms with E-state index >= 15 is 0 Å². The fourth-order valence-corrected chi connectivity index (χ4v) is 16.9. The highest BCUT2D eigenvalue weighted by molar-refractivity contribution is 7.92. The van der Waals surface area contributed by atoms with E-state index in [2.05, 4.69) is 6.92 Å². The molecule has 12 heteroatoms. The Labute approximate surface area is 330 Å². The molecule has 6 saturated carbocycles. The van der Waals surface area contributed by atoms with E-state index in [9.17, 15) is 26.7 Å². The van der Waals surface area contributed by atoms with Crippen LogP contribution in [0.15, 0.2) is 0 Å². The third-order valence-electron chi connectivity index (χ3n) is 15.2. The van der Waals surface area contributed by atoms with Crippen molar-refractivity contribution in [1.29, 1.82) is 0 Å². The predicted octanol–water partition coefficient (Wildman–Crippen LogP) is 9.56. The molecule has 0 aromatic rings. The first-order valence-electron chi connectivity index (χ1n) is 21.5. The molecule has 0 heterocycles. The van der Waals surface area contributed by atoms with Gasteiger partial charge in [-0.2, -0.15) is 0 Å². The highest BCUT2D eigenvalue weighted by Crippen LogP contribution is 2.52. The average Bonchev–Trinajstić information content (AvgIpc) is 3.15. The van der Waals surface area contributed by atoms with Crippen LogP contribution in [0.1, 0.15) is 174 Å². The standard InChI is InChI=1S/C41H68Cl2O8S2/c1-41(27-26-40(44)45,28-2-10-32(11-3-28)50-34-14-22-38(23-15-34)52(46,47)36-18-6-30(42)7-19-36)29-4-12-33(13-5-29)51-35-16-24-39(25-17-35)53(48,49)37-20-8-31(43)9-21-37/h28-39H,2-27H2,1H3,(H,44,45). The lowest BCUT2D eigenvalue weighted by molar-refractivity contribution is -0.139. The Kier molecular flexibility index (Phi) is 14.9. The molecule has 6 rings (SSSR count). The molecule has 6 fully saturated rings. The topological polar surface area (TPSA) is 124 Å². The average molecular weight is 824 g/mol. The Morgan fingerprint density at radius 3 is 1.06 bits per heavy atom. The minimum atomic E-state index is -3.12. The van der Waals surface area contributed by atoms with Gasteiger partial charge in [0.1, 0.15) is 0 Å². The molecule has 0 saturated heterocycles. The first-order valence-corrected chi connectivity index (χ1v) is 25.6. The summed E-state index contributed by atoms with van der Waals surface area (Å²) in [6.45, 7) is 2.36. The van der Waals surface area contributed by atoms with Crippen molar-refractivity contribution >= 4 is 48.8 Å². The van der Waals surface area contributed by atoms with Gasteiger partial charge in [0.15, 0.2) is 19.7 Å².